The van der Waals surface area contributed by atoms with Crippen molar-refractivity contribution in [3.05, 3.63) is 11.6 Å². The molecule has 0 saturated carbocycles. The molecule has 0 fully saturated rings. The zero-order chi connectivity index (χ0) is 7.94. The highest BCUT2D eigenvalue weighted by Crippen LogP contribution is 2.45. The van der Waals surface area contributed by atoms with Gasteiger partial charge >= 0.3 is 0 Å². The quantitative estimate of drug-likeness (QED) is 0.451. The van der Waals surface area contributed by atoms with E-state index in [1.54, 1.807) is 5.57 Å². The van der Waals surface area contributed by atoms with E-state index in [-0.39, 0.29) is 0 Å². The zero-order valence-electron chi connectivity index (χ0n) is 7.73. The Labute approximate surface area is 64.3 Å². The molecule has 0 aromatic carbocycles. The highest BCUT2D eigenvalue weighted by atomic mass is 14.4. The fourth-order valence-corrected chi connectivity index (χ4v) is 1.77. The predicted octanol–water partition coefficient (Wildman–Crippen LogP) is 3.24. The topological polar surface area (TPSA) is 0 Å². The Hall–Kier alpha value is -0.260. The van der Waals surface area contributed by atoms with Gasteiger partial charge in [0, 0.05) is 0 Å². The van der Waals surface area contributed by atoms with E-state index in [1.165, 1.54) is 0 Å². The maximum absolute atomic E-state index is 2.41. The highest BCUT2D eigenvalue weighted by molar-refractivity contribution is 5.19. The fourth-order valence-electron chi connectivity index (χ4n) is 1.77. The second-order valence-electron chi connectivity index (χ2n) is 4.22. The number of hydrogen-bond donors (Lipinski definition) is 0. The molecule has 58 valence electrons. The average molecular weight is 138 g/mol. The summed E-state index contributed by atoms with van der Waals surface area (Å²) in [5.74, 6) is 1.59. The maximum Gasteiger partial charge on any atom is -0.0116 e. The van der Waals surface area contributed by atoms with Crippen LogP contribution in [-0.2, 0) is 0 Å². The van der Waals surface area contributed by atoms with Crippen LogP contribution >= 0.6 is 0 Å². The lowest BCUT2D eigenvalue weighted by atomic mass is 9.76. The number of allylic oxidation sites excluding steroid dienone is 2. The van der Waals surface area contributed by atoms with E-state index in [2.05, 4.69) is 40.7 Å². The van der Waals surface area contributed by atoms with Gasteiger partial charge in [-0.1, -0.05) is 39.3 Å². The first-order valence-electron chi connectivity index (χ1n) is 4.15. The lowest BCUT2D eigenvalue weighted by molar-refractivity contribution is 0.270. The molecule has 0 N–H and O–H groups in total. The van der Waals surface area contributed by atoms with Crippen molar-refractivity contribution in [2.45, 2.75) is 34.6 Å². The van der Waals surface area contributed by atoms with Crippen LogP contribution < -0.4 is 0 Å². The molecule has 0 saturated heterocycles. The SMILES string of the molecule is CC1=CC(C)C(C)C1(C)C. The first kappa shape index (κ1) is 7.84. The van der Waals surface area contributed by atoms with E-state index in [9.17, 15) is 0 Å². The molecule has 0 radical (unpaired) electrons. The third-order valence-corrected chi connectivity index (χ3v) is 3.46. The van der Waals surface area contributed by atoms with E-state index in [0.29, 0.717) is 5.41 Å². The molecular formula is C10H18. The number of hydrogen-bond acceptors (Lipinski definition) is 0. The lowest BCUT2D eigenvalue weighted by Crippen LogP contribution is -2.20. The standard InChI is InChI=1S/C10H18/c1-7-6-8(2)10(4,5)9(7)3/h6-7,9H,1-5H3. The van der Waals surface area contributed by atoms with Crippen LogP contribution in [0.2, 0.25) is 0 Å². The molecule has 1 aliphatic carbocycles. The molecule has 0 aliphatic heterocycles. The highest BCUT2D eigenvalue weighted by Gasteiger charge is 2.35. The molecular weight excluding hydrogens is 120 g/mol. The molecule has 0 bridgehead atoms. The molecule has 1 aliphatic rings. The summed E-state index contributed by atoms with van der Waals surface area (Å²) in [4.78, 5) is 0. The third-order valence-electron chi connectivity index (χ3n) is 3.46. The molecule has 2 atom stereocenters. The molecule has 0 spiro atoms. The van der Waals surface area contributed by atoms with Crippen LogP contribution in [0.5, 0.6) is 0 Å². The van der Waals surface area contributed by atoms with Gasteiger partial charge in [-0.15, -0.1) is 0 Å². The van der Waals surface area contributed by atoms with E-state index in [1.807, 2.05) is 0 Å². The number of rotatable bonds is 0. The van der Waals surface area contributed by atoms with Gasteiger partial charge in [-0.2, -0.15) is 0 Å². The molecule has 0 aromatic rings. The van der Waals surface area contributed by atoms with E-state index in [0.717, 1.165) is 11.8 Å². The van der Waals surface area contributed by atoms with Gasteiger partial charge in [0.15, 0.2) is 0 Å². The van der Waals surface area contributed by atoms with E-state index < -0.39 is 0 Å². The van der Waals surface area contributed by atoms with Crippen molar-refractivity contribution in [3.63, 3.8) is 0 Å². The first-order valence-corrected chi connectivity index (χ1v) is 4.15. The van der Waals surface area contributed by atoms with Crippen molar-refractivity contribution < 1.29 is 0 Å². The van der Waals surface area contributed by atoms with Gasteiger partial charge in [-0.3, -0.25) is 0 Å². The Morgan fingerprint density at radius 2 is 1.80 bits per heavy atom. The summed E-state index contributed by atoms with van der Waals surface area (Å²) < 4.78 is 0. The summed E-state index contributed by atoms with van der Waals surface area (Å²) in [6.07, 6.45) is 2.41. The van der Waals surface area contributed by atoms with Crippen LogP contribution in [0.1, 0.15) is 34.6 Å². The molecule has 0 heterocycles. The summed E-state index contributed by atoms with van der Waals surface area (Å²) in [5.41, 5.74) is 2.01. The Morgan fingerprint density at radius 1 is 1.30 bits per heavy atom. The van der Waals surface area contributed by atoms with Crippen molar-refractivity contribution in [1.29, 1.82) is 0 Å². The minimum atomic E-state index is 0.444. The minimum absolute atomic E-state index is 0.444. The van der Waals surface area contributed by atoms with Gasteiger partial charge in [0.05, 0.1) is 0 Å². The molecule has 2 unspecified atom stereocenters. The van der Waals surface area contributed by atoms with Crippen molar-refractivity contribution in [1.82, 2.24) is 0 Å². The largest absolute Gasteiger partial charge is 0.0819 e. The monoisotopic (exact) mass is 138 g/mol. The zero-order valence-corrected chi connectivity index (χ0v) is 7.73. The second-order valence-corrected chi connectivity index (χ2v) is 4.22. The Balaban J connectivity index is 2.89. The summed E-state index contributed by atoms with van der Waals surface area (Å²) >= 11 is 0. The molecule has 0 amide bonds. The summed E-state index contributed by atoms with van der Waals surface area (Å²) in [6, 6.07) is 0. The Kier molecular flexibility index (Phi) is 1.66. The van der Waals surface area contributed by atoms with Crippen molar-refractivity contribution in [2.24, 2.45) is 17.3 Å². The van der Waals surface area contributed by atoms with Crippen molar-refractivity contribution >= 4 is 0 Å². The van der Waals surface area contributed by atoms with E-state index in [4.69, 9.17) is 0 Å². The first-order chi connectivity index (χ1) is 4.46. The predicted molar refractivity (Wildman–Crippen MR) is 45.9 cm³/mol. The summed E-state index contributed by atoms with van der Waals surface area (Å²) in [6.45, 7) is 11.6. The summed E-state index contributed by atoms with van der Waals surface area (Å²) in [7, 11) is 0. The molecule has 0 aromatic heterocycles. The molecule has 1 rings (SSSR count). The van der Waals surface area contributed by atoms with Crippen LogP contribution in [-0.4, -0.2) is 0 Å². The van der Waals surface area contributed by atoms with Crippen LogP contribution in [0.4, 0.5) is 0 Å². The third kappa shape index (κ3) is 0.902. The second kappa shape index (κ2) is 2.11. The van der Waals surface area contributed by atoms with Gasteiger partial charge in [-0.05, 0) is 24.2 Å². The van der Waals surface area contributed by atoms with Crippen LogP contribution in [0.3, 0.4) is 0 Å². The van der Waals surface area contributed by atoms with Gasteiger partial charge in [0.25, 0.3) is 0 Å². The van der Waals surface area contributed by atoms with Gasteiger partial charge in [0.2, 0.25) is 0 Å². The van der Waals surface area contributed by atoms with Crippen molar-refractivity contribution in [3.8, 4) is 0 Å². The molecule has 0 heteroatoms. The summed E-state index contributed by atoms with van der Waals surface area (Å²) in [5, 5.41) is 0. The molecule has 10 heavy (non-hydrogen) atoms. The van der Waals surface area contributed by atoms with E-state index >= 15 is 0 Å². The van der Waals surface area contributed by atoms with Crippen LogP contribution in [0.15, 0.2) is 11.6 Å². The van der Waals surface area contributed by atoms with Gasteiger partial charge in [0.1, 0.15) is 0 Å². The minimum Gasteiger partial charge on any atom is -0.0819 e. The molecule has 0 nitrogen and oxygen atoms in total. The average Bonchev–Trinajstić information content (AvgIpc) is 1.97. The fraction of sp³-hybridized carbons (Fsp3) is 0.800. The van der Waals surface area contributed by atoms with Gasteiger partial charge < -0.3 is 0 Å². The maximum atomic E-state index is 2.41. The Bertz CT molecular complexity index is 163. The van der Waals surface area contributed by atoms with Gasteiger partial charge in [-0.25, -0.2) is 0 Å². The lowest BCUT2D eigenvalue weighted by Gasteiger charge is -2.28. The normalized spacial score (nSPS) is 37.9. The van der Waals surface area contributed by atoms with Crippen LogP contribution in [0, 0.1) is 17.3 Å². The smallest absolute Gasteiger partial charge is 0.0116 e. The van der Waals surface area contributed by atoms with Crippen LogP contribution in [0.25, 0.3) is 0 Å². The van der Waals surface area contributed by atoms with Crippen molar-refractivity contribution in [2.75, 3.05) is 0 Å². The Morgan fingerprint density at radius 3 is 1.90 bits per heavy atom.